The summed E-state index contributed by atoms with van der Waals surface area (Å²) in [4.78, 5) is 0. The lowest BCUT2D eigenvalue weighted by molar-refractivity contribution is 0.468. The lowest BCUT2D eigenvalue weighted by atomic mass is 10.2. The van der Waals surface area contributed by atoms with E-state index in [0.717, 1.165) is 11.6 Å². The van der Waals surface area contributed by atoms with Gasteiger partial charge in [-0.05, 0) is 71.6 Å². The molecule has 0 aliphatic rings. The molecule has 0 saturated heterocycles. The summed E-state index contributed by atoms with van der Waals surface area (Å²) < 4.78 is 28.0. The Morgan fingerprint density at radius 1 is 0.950 bits per heavy atom. The molecule has 0 bridgehead atoms. The molecule has 2 N–H and O–H groups in total. The van der Waals surface area contributed by atoms with Crippen molar-refractivity contribution < 1.29 is 13.9 Å². The van der Waals surface area contributed by atoms with E-state index in [1.807, 2.05) is 0 Å². The summed E-state index contributed by atoms with van der Waals surface area (Å²) in [5.74, 6) is -1.22. The Bertz CT molecular complexity index is 618. The number of rotatable bonds is 3. The first-order valence-electron chi connectivity index (χ1n) is 5.44. The van der Waals surface area contributed by atoms with E-state index < -0.39 is 11.6 Å². The lowest BCUT2D eigenvalue weighted by Crippen LogP contribution is -2.03. The summed E-state index contributed by atoms with van der Waals surface area (Å²) in [5.41, 5.74) is 1.00. The van der Waals surface area contributed by atoms with E-state index in [9.17, 15) is 13.9 Å². The van der Waals surface area contributed by atoms with Crippen LogP contribution < -0.4 is 5.32 Å². The summed E-state index contributed by atoms with van der Waals surface area (Å²) in [7, 11) is 0. The molecule has 20 heavy (non-hydrogen) atoms. The van der Waals surface area contributed by atoms with E-state index in [0.29, 0.717) is 20.0 Å². The van der Waals surface area contributed by atoms with Gasteiger partial charge in [-0.1, -0.05) is 0 Å². The number of hydrogen-bond acceptors (Lipinski definition) is 2. The van der Waals surface area contributed by atoms with Crippen molar-refractivity contribution in [3.8, 4) is 5.75 Å². The third-order valence-electron chi connectivity index (χ3n) is 2.55. The second kappa shape index (κ2) is 6.41. The van der Waals surface area contributed by atoms with Gasteiger partial charge in [0.1, 0.15) is 17.4 Å². The molecule has 0 aliphatic heterocycles. The fourth-order valence-corrected chi connectivity index (χ4v) is 3.45. The molecule has 106 valence electrons. The molecule has 0 spiro atoms. The Labute approximate surface area is 139 Å². The SMILES string of the molecule is Oc1c(Br)cc(CNc2c(F)cc(F)cc2Br)cc1Br. The molecule has 2 aromatic carbocycles. The van der Waals surface area contributed by atoms with E-state index in [2.05, 4.69) is 53.1 Å². The molecule has 7 heteroatoms. The number of benzene rings is 2. The Morgan fingerprint density at radius 2 is 1.55 bits per heavy atom. The normalized spacial score (nSPS) is 10.7. The van der Waals surface area contributed by atoms with Crippen LogP contribution in [0.3, 0.4) is 0 Å². The fourth-order valence-electron chi connectivity index (χ4n) is 1.62. The van der Waals surface area contributed by atoms with E-state index in [4.69, 9.17) is 0 Å². The maximum atomic E-state index is 13.6. The van der Waals surface area contributed by atoms with Crippen molar-refractivity contribution in [2.24, 2.45) is 0 Å². The van der Waals surface area contributed by atoms with Gasteiger partial charge in [0, 0.05) is 17.1 Å². The number of halogens is 5. The van der Waals surface area contributed by atoms with Crippen LogP contribution in [0.25, 0.3) is 0 Å². The highest BCUT2D eigenvalue weighted by atomic mass is 79.9. The second-order valence-corrected chi connectivity index (χ2v) is 6.57. The number of aromatic hydroxyl groups is 1. The van der Waals surface area contributed by atoms with Crippen molar-refractivity contribution in [3.05, 3.63) is 54.9 Å². The third kappa shape index (κ3) is 3.51. The molecule has 0 atom stereocenters. The first-order chi connectivity index (χ1) is 9.38. The van der Waals surface area contributed by atoms with Gasteiger partial charge in [0.2, 0.25) is 0 Å². The van der Waals surface area contributed by atoms with Crippen LogP contribution in [0.4, 0.5) is 14.5 Å². The minimum absolute atomic E-state index is 0.0999. The molecule has 2 nitrogen and oxygen atoms in total. The van der Waals surface area contributed by atoms with Gasteiger partial charge in [0.05, 0.1) is 14.6 Å². The van der Waals surface area contributed by atoms with Gasteiger partial charge in [-0.25, -0.2) is 8.78 Å². The van der Waals surface area contributed by atoms with Crippen molar-refractivity contribution in [3.63, 3.8) is 0 Å². The number of phenolic OH excluding ortho intramolecular Hbond substituents is 1. The molecule has 2 aromatic rings. The van der Waals surface area contributed by atoms with Gasteiger partial charge >= 0.3 is 0 Å². The number of phenols is 1. The first-order valence-corrected chi connectivity index (χ1v) is 7.81. The standard InChI is InChI=1S/C13H8Br3F2NO/c14-8-3-7(17)4-11(18)12(8)19-5-6-1-9(15)13(20)10(16)2-6/h1-4,19-20H,5H2. The molecule has 0 aromatic heterocycles. The molecule has 0 aliphatic carbocycles. The Morgan fingerprint density at radius 3 is 2.10 bits per heavy atom. The topological polar surface area (TPSA) is 32.3 Å². The minimum Gasteiger partial charge on any atom is -0.506 e. The summed E-state index contributed by atoms with van der Waals surface area (Å²) >= 11 is 9.55. The number of anilines is 1. The van der Waals surface area contributed by atoms with Crippen molar-refractivity contribution >= 4 is 53.5 Å². The number of nitrogens with one attached hydrogen (secondary N) is 1. The van der Waals surface area contributed by atoms with Crippen LogP contribution in [0.5, 0.6) is 5.75 Å². The highest BCUT2D eigenvalue weighted by Gasteiger charge is 2.10. The average Bonchev–Trinajstić information content (AvgIpc) is 2.34. The van der Waals surface area contributed by atoms with Crippen molar-refractivity contribution in [2.75, 3.05) is 5.32 Å². The smallest absolute Gasteiger partial charge is 0.150 e. The van der Waals surface area contributed by atoms with Gasteiger partial charge in [-0.15, -0.1) is 0 Å². The van der Waals surface area contributed by atoms with Crippen LogP contribution in [0.2, 0.25) is 0 Å². The van der Waals surface area contributed by atoms with Crippen LogP contribution in [-0.2, 0) is 6.54 Å². The van der Waals surface area contributed by atoms with Gasteiger partial charge < -0.3 is 10.4 Å². The van der Waals surface area contributed by atoms with Crippen LogP contribution in [0, 0.1) is 11.6 Å². The predicted molar refractivity (Wildman–Crippen MR) is 84.9 cm³/mol. The maximum Gasteiger partial charge on any atom is 0.150 e. The van der Waals surface area contributed by atoms with E-state index in [-0.39, 0.29) is 11.4 Å². The molecule has 0 amide bonds. The first kappa shape index (κ1) is 15.7. The van der Waals surface area contributed by atoms with Crippen LogP contribution in [0.15, 0.2) is 37.7 Å². The van der Waals surface area contributed by atoms with Crippen molar-refractivity contribution in [1.82, 2.24) is 0 Å². The quantitative estimate of drug-likeness (QED) is 0.613. The Hall–Kier alpha value is -0.660. The lowest BCUT2D eigenvalue weighted by Gasteiger charge is -2.11. The molecule has 0 saturated carbocycles. The van der Waals surface area contributed by atoms with E-state index in [1.165, 1.54) is 6.07 Å². The van der Waals surface area contributed by atoms with Crippen LogP contribution >= 0.6 is 47.8 Å². The molecular formula is C13H8Br3F2NO. The van der Waals surface area contributed by atoms with Crippen LogP contribution in [0.1, 0.15) is 5.56 Å². The highest BCUT2D eigenvalue weighted by Crippen LogP contribution is 2.34. The molecule has 0 fully saturated rings. The second-order valence-electron chi connectivity index (χ2n) is 4.01. The fraction of sp³-hybridized carbons (Fsp3) is 0.0769. The zero-order chi connectivity index (χ0) is 14.9. The average molecular weight is 472 g/mol. The van der Waals surface area contributed by atoms with Crippen LogP contribution in [-0.4, -0.2) is 5.11 Å². The van der Waals surface area contributed by atoms with E-state index >= 15 is 0 Å². The number of hydrogen-bond donors (Lipinski definition) is 2. The maximum absolute atomic E-state index is 13.6. The summed E-state index contributed by atoms with van der Waals surface area (Å²) in [6.07, 6.45) is 0. The summed E-state index contributed by atoms with van der Waals surface area (Å²) in [5, 5.41) is 12.5. The molecular weight excluding hydrogens is 464 g/mol. The molecule has 0 heterocycles. The van der Waals surface area contributed by atoms with Gasteiger partial charge in [-0.2, -0.15) is 0 Å². The predicted octanol–water partition coefficient (Wildman–Crippen LogP) is 5.57. The van der Waals surface area contributed by atoms with Crippen molar-refractivity contribution in [2.45, 2.75) is 6.54 Å². The zero-order valence-electron chi connectivity index (χ0n) is 9.85. The third-order valence-corrected chi connectivity index (χ3v) is 4.39. The highest BCUT2D eigenvalue weighted by molar-refractivity contribution is 9.11. The minimum atomic E-state index is -0.672. The molecule has 0 radical (unpaired) electrons. The monoisotopic (exact) mass is 469 g/mol. The van der Waals surface area contributed by atoms with Gasteiger partial charge in [-0.3, -0.25) is 0 Å². The molecule has 0 unspecified atom stereocenters. The van der Waals surface area contributed by atoms with Gasteiger partial charge in [0.25, 0.3) is 0 Å². The van der Waals surface area contributed by atoms with E-state index in [1.54, 1.807) is 12.1 Å². The van der Waals surface area contributed by atoms with Crippen molar-refractivity contribution in [1.29, 1.82) is 0 Å². The Balaban J connectivity index is 2.21. The Kier molecular flexibility index (Phi) is 5.04. The summed E-state index contributed by atoms with van der Waals surface area (Å²) in [6.45, 7) is 0.318. The largest absolute Gasteiger partial charge is 0.506 e. The van der Waals surface area contributed by atoms with Gasteiger partial charge in [0.15, 0.2) is 0 Å². The summed E-state index contributed by atoms with van der Waals surface area (Å²) in [6, 6.07) is 5.43. The zero-order valence-corrected chi connectivity index (χ0v) is 14.6. The molecule has 2 rings (SSSR count).